The van der Waals surface area contributed by atoms with E-state index < -0.39 is 5.97 Å². The van der Waals surface area contributed by atoms with Gasteiger partial charge in [0, 0.05) is 16.6 Å². The number of aromatic nitrogens is 2. The van der Waals surface area contributed by atoms with Crippen molar-refractivity contribution in [2.75, 3.05) is 0 Å². The first-order valence-electron chi connectivity index (χ1n) is 6.72. The van der Waals surface area contributed by atoms with Crippen LogP contribution in [-0.4, -0.2) is 20.5 Å². The molecule has 3 aromatic rings. The molecule has 4 nitrogen and oxygen atoms in total. The van der Waals surface area contributed by atoms with E-state index in [9.17, 15) is 9.90 Å². The number of hydrogen-bond acceptors (Lipinski definition) is 3. The van der Waals surface area contributed by atoms with E-state index in [1.54, 1.807) is 0 Å². The van der Waals surface area contributed by atoms with Gasteiger partial charge in [-0.2, -0.15) is 0 Å². The number of nitrogens with zero attached hydrogens (tertiary/aromatic N) is 2. The van der Waals surface area contributed by atoms with E-state index in [4.69, 9.17) is 0 Å². The molecule has 2 heterocycles. The van der Waals surface area contributed by atoms with Crippen molar-refractivity contribution >= 4 is 22.3 Å². The fraction of sp³-hybridized carbons (Fsp3) is 0.250. The van der Waals surface area contributed by atoms with Crippen molar-refractivity contribution in [1.29, 1.82) is 0 Å². The Labute approximate surface area is 126 Å². The largest absolute Gasteiger partial charge is 0.481 e. The lowest BCUT2D eigenvalue weighted by Crippen LogP contribution is -2.05. The molecule has 1 N–H and O–H groups in total. The standard InChI is InChI=1S/C16H16N2O2S/c1-9-4-5-12(6-10(9)2)15-13(7-14(19)20)18-11(3)8-21-16(18)17-15/h4-6,8H,7H2,1-3H3,(H,19,20). The second-order valence-electron chi connectivity index (χ2n) is 5.27. The molecule has 0 aliphatic carbocycles. The molecular weight excluding hydrogens is 284 g/mol. The molecule has 0 fully saturated rings. The minimum atomic E-state index is -0.840. The number of fused-ring (bicyclic) bond motifs is 1. The molecule has 0 aliphatic rings. The van der Waals surface area contributed by atoms with Gasteiger partial charge in [0.2, 0.25) is 0 Å². The zero-order valence-electron chi connectivity index (χ0n) is 12.2. The summed E-state index contributed by atoms with van der Waals surface area (Å²) < 4.78 is 1.95. The van der Waals surface area contributed by atoms with Crippen LogP contribution in [0.1, 0.15) is 22.5 Å². The Bertz CT molecular complexity index is 845. The Kier molecular flexibility index (Phi) is 3.29. The summed E-state index contributed by atoms with van der Waals surface area (Å²) in [5.74, 6) is -0.840. The highest BCUT2D eigenvalue weighted by atomic mass is 32.1. The molecule has 5 heteroatoms. The molecule has 3 rings (SSSR count). The number of carbonyl (C=O) groups is 1. The average Bonchev–Trinajstić information content (AvgIpc) is 2.94. The molecule has 108 valence electrons. The summed E-state index contributed by atoms with van der Waals surface area (Å²) in [7, 11) is 0. The Hall–Kier alpha value is -2.14. The molecule has 1 aromatic carbocycles. The molecule has 0 amide bonds. The zero-order chi connectivity index (χ0) is 15.1. The number of imidazole rings is 1. The first kappa shape index (κ1) is 13.8. The van der Waals surface area contributed by atoms with Crippen LogP contribution >= 0.6 is 11.3 Å². The lowest BCUT2D eigenvalue weighted by atomic mass is 10.0. The number of aliphatic carboxylic acids is 1. The van der Waals surface area contributed by atoms with E-state index >= 15 is 0 Å². The fourth-order valence-electron chi connectivity index (χ4n) is 2.49. The molecule has 0 bridgehead atoms. The van der Waals surface area contributed by atoms with Crippen LogP contribution in [0.5, 0.6) is 0 Å². The van der Waals surface area contributed by atoms with Crippen molar-refractivity contribution < 1.29 is 9.90 Å². The van der Waals surface area contributed by atoms with E-state index in [1.807, 2.05) is 22.8 Å². The second kappa shape index (κ2) is 5.00. The number of thiazole rings is 1. The van der Waals surface area contributed by atoms with Crippen LogP contribution in [0.4, 0.5) is 0 Å². The van der Waals surface area contributed by atoms with Gasteiger partial charge in [0.05, 0.1) is 17.8 Å². The number of hydrogen-bond donors (Lipinski definition) is 1. The summed E-state index contributed by atoms with van der Waals surface area (Å²) in [6.07, 6.45) is -0.0268. The molecule has 0 aliphatic heterocycles. The van der Waals surface area contributed by atoms with Crippen molar-refractivity contribution in [1.82, 2.24) is 9.38 Å². The van der Waals surface area contributed by atoms with Crippen molar-refractivity contribution in [2.24, 2.45) is 0 Å². The molecule has 0 radical (unpaired) electrons. The number of benzene rings is 1. The highest BCUT2D eigenvalue weighted by Crippen LogP contribution is 2.29. The number of carboxylic acids is 1. The Morgan fingerprint density at radius 2 is 2.05 bits per heavy atom. The third-order valence-electron chi connectivity index (χ3n) is 3.73. The first-order chi connectivity index (χ1) is 9.97. The molecule has 0 spiro atoms. The first-order valence-corrected chi connectivity index (χ1v) is 7.60. The topological polar surface area (TPSA) is 54.6 Å². The highest BCUT2D eigenvalue weighted by molar-refractivity contribution is 7.15. The molecular formula is C16H16N2O2S. The van der Waals surface area contributed by atoms with Crippen LogP contribution in [0, 0.1) is 20.8 Å². The van der Waals surface area contributed by atoms with Crippen LogP contribution in [0.2, 0.25) is 0 Å². The van der Waals surface area contributed by atoms with Gasteiger partial charge in [-0.3, -0.25) is 9.20 Å². The van der Waals surface area contributed by atoms with Gasteiger partial charge in [-0.1, -0.05) is 12.1 Å². The lowest BCUT2D eigenvalue weighted by molar-refractivity contribution is -0.136. The Morgan fingerprint density at radius 1 is 1.29 bits per heavy atom. The molecule has 0 saturated heterocycles. The summed E-state index contributed by atoms with van der Waals surface area (Å²) >= 11 is 1.54. The Morgan fingerprint density at radius 3 is 2.71 bits per heavy atom. The normalized spacial score (nSPS) is 11.2. The highest BCUT2D eigenvalue weighted by Gasteiger charge is 2.19. The van der Waals surface area contributed by atoms with E-state index in [0.29, 0.717) is 0 Å². The van der Waals surface area contributed by atoms with Gasteiger partial charge in [-0.25, -0.2) is 4.98 Å². The summed E-state index contributed by atoms with van der Waals surface area (Å²) in [5, 5.41) is 11.2. The molecule has 0 saturated carbocycles. The van der Waals surface area contributed by atoms with Gasteiger partial charge in [0.15, 0.2) is 4.96 Å². The lowest BCUT2D eigenvalue weighted by Gasteiger charge is -2.06. The number of rotatable bonds is 3. The average molecular weight is 300 g/mol. The summed E-state index contributed by atoms with van der Waals surface area (Å²) in [5.41, 5.74) is 5.92. The van der Waals surface area contributed by atoms with E-state index in [2.05, 4.69) is 31.0 Å². The van der Waals surface area contributed by atoms with E-state index in [1.165, 1.54) is 22.5 Å². The van der Waals surface area contributed by atoms with Crippen molar-refractivity contribution in [3.63, 3.8) is 0 Å². The predicted molar refractivity (Wildman–Crippen MR) is 84.1 cm³/mol. The van der Waals surface area contributed by atoms with Crippen molar-refractivity contribution in [2.45, 2.75) is 27.2 Å². The maximum Gasteiger partial charge on any atom is 0.309 e. The summed E-state index contributed by atoms with van der Waals surface area (Å²) in [4.78, 5) is 16.7. The van der Waals surface area contributed by atoms with Gasteiger partial charge in [-0.15, -0.1) is 11.3 Å². The summed E-state index contributed by atoms with van der Waals surface area (Å²) in [6.45, 7) is 6.09. The summed E-state index contributed by atoms with van der Waals surface area (Å²) in [6, 6.07) is 6.13. The smallest absolute Gasteiger partial charge is 0.309 e. The maximum atomic E-state index is 11.2. The molecule has 0 unspecified atom stereocenters. The molecule has 21 heavy (non-hydrogen) atoms. The van der Waals surface area contributed by atoms with Crippen LogP contribution < -0.4 is 0 Å². The van der Waals surface area contributed by atoms with E-state index in [-0.39, 0.29) is 6.42 Å². The monoisotopic (exact) mass is 300 g/mol. The van der Waals surface area contributed by atoms with Crippen LogP contribution in [0.15, 0.2) is 23.6 Å². The molecule has 0 atom stereocenters. The van der Waals surface area contributed by atoms with Crippen LogP contribution in [-0.2, 0) is 11.2 Å². The van der Waals surface area contributed by atoms with Gasteiger partial charge >= 0.3 is 5.97 Å². The minimum absolute atomic E-state index is 0.0268. The third-order valence-corrected chi connectivity index (χ3v) is 4.67. The predicted octanol–water partition coefficient (Wildman–Crippen LogP) is 3.62. The van der Waals surface area contributed by atoms with Gasteiger partial charge in [0.1, 0.15) is 0 Å². The molecule has 2 aromatic heterocycles. The third kappa shape index (κ3) is 2.34. The van der Waals surface area contributed by atoms with Gasteiger partial charge < -0.3 is 5.11 Å². The SMILES string of the molecule is Cc1ccc(-c2nc3scc(C)n3c2CC(=O)O)cc1C. The maximum absolute atomic E-state index is 11.2. The van der Waals surface area contributed by atoms with Crippen molar-refractivity contribution in [3.8, 4) is 11.3 Å². The zero-order valence-corrected chi connectivity index (χ0v) is 13.0. The minimum Gasteiger partial charge on any atom is -0.481 e. The number of aryl methyl sites for hydroxylation is 3. The Balaban J connectivity index is 2.25. The quantitative estimate of drug-likeness (QED) is 0.804. The van der Waals surface area contributed by atoms with Gasteiger partial charge in [-0.05, 0) is 38.0 Å². The van der Waals surface area contributed by atoms with Crippen LogP contribution in [0.25, 0.3) is 16.2 Å². The van der Waals surface area contributed by atoms with Crippen LogP contribution in [0.3, 0.4) is 0 Å². The second-order valence-corrected chi connectivity index (χ2v) is 6.11. The van der Waals surface area contributed by atoms with E-state index in [0.717, 1.165) is 27.6 Å². The van der Waals surface area contributed by atoms with Gasteiger partial charge in [0.25, 0.3) is 0 Å². The number of carboxylic acid groups (broad SMARTS) is 1. The van der Waals surface area contributed by atoms with Crippen molar-refractivity contribution in [3.05, 3.63) is 46.1 Å². The fourth-order valence-corrected chi connectivity index (χ4v) is 3.38.